The van der Waals surface area contributed by atoms with E-state index in [0.717, 1.165) is 20.9 Å². The summed E-state index contributed by atoms with van der Waals surface area (Å²) in [5, 5.41) is 12.5. The van der Waals surface area contributed by atoms with Crippen LogP contribution in [0.25, 0.3) is 17.0 Å². The number of rotatable bonds is 6. The first-order chi connectivity index (χ1) is 10.6. The molecule has 1 aromatic heterocycles. The number of para-hydroxylation sites is 1. The highest BCUT2D eigenvalue weighted by molar-refractivity contribution is 9.11. The minimum absolute atomic E-state index is 0.172. The molecule has 0 aliphatic rings. The van der Waals surface area contributed by atoms with Gasteiger partial charge in [-0.2, -0.15) is 5.26 Å². The van der Waals surface area contributed by atoms with E-state index in [1.807, 2.05) is 35.0 Å². The number of nitrogens with one attached hydrogen (secondary N) is 1. The minimum atomic E-state index is -0.172. The van der Waals surface area contributed by atoms with Crippen LogP contribution in [0.15, 0.2) is 47.6 Å². The van der Waals surface area contributed by atoms with Gasteiger partial charge in [0, 0.05) is 46.3 Å². The second-order valence-corrected chi connectivity index (χ2v) is 5.89. The molecular weight excluding hydrogens is 342 g/mol. The van der Waals surface area contributed by atoms with Gasteiger partial charge in [-0.25, -0.2) is 0 Å². The molecule has 0 radical (unpaired) electrons. The second kappa shape index (κ2) is 7.62. The van der Waals surface area contributed by atoms with E-state index in [0.29, 0.717) is 19.5 Å². The number of amides is 1. The second-order valence-electron chi connectivity index (χ2n) is 4.77. The van der Waals surface area contributed by atoms with Crippen molar-refractivity contribution < 1.29 is 4.79 Å². The van der Waals surface area contributed by atoms with Crippen LogP contribution in [0.1, 0.15) is 12.0 Å². The number of halogens is 1. The molecule has 0 saturated heterocycles. The molecule has 1 aromatic carbocycles. The van der Waals surface area contributed by atoms with Crippen LogP contribution in [0, 0.1) is 11.3 Å². The molecule has 1 N–H and O–H groups in total. The molecule has 0 saturated carbocycles. The first-order valence-corrected chi connectivity index (χ1v) is 7.65. The van der Waals surface area contributed by atoms with Crippen LogP contribution in [0.3, 0.4) is 0 Å². The van der Waals surface area contributed by atoms with Crippen molar-refractivity contribution in [3.8, 4) is 6.07 Å². The van der Waals surface area contributed by atoms with Crippen LogP contribution in [0.2, 0.25) is 0 Å². The fourth-order valence-corrected chi connectivity index (χ4v) is 2.31. The summed E-state index contributed by atoms with van der Waals surface area (Å²) in [4.78, 5) is 11.7. The Labute approximate surface area is 137 Å². The van der Waals surface area contributed by atoms with Crippen LogP contribution in [0.4, 0.5) is 0 Å². The van der Waals surface area contributed by atoms with E-state index in [9.17, 15) is 4.79 Å². The van der Waals surface area contributed by atoms with Gasteiger partial charge in [0.2, 0.25) is 5.91 Å². The zero-order chi connectivity index (χ0) is 15.9. The average molecular weight is 358 g/mol. The molecule has 22 heavy (non-hydrogen) atoms. The normalized spacial score (nSPS) is 10.7. The highest BCUT2D eigenvalue weighted by Gasteiger charge is 2.06. The fraction of sp³-hybridized carbons (Fsp3) is 0.176. The molecule has 0 aliphatic carbocycles. The third-order valence-corrected chi connectivity index (χ3v) is 3.43. The van der Waals surface area contributed by atoms with Gasteiger partial charge in [-0.3, -0.25) is 4.79 Å². The summed E-state index contributed by atoms with van der Waals surface area (Å²) in [5.74, 6) is -0.172. The largest absolute Gasteiger partial charge is 0.348 e. The molecule has 4 nitrogen and oxygen atoms in total. The van der Waals surface area contributed by atoms with Crippen molar-refractivity contribution in [2.24, 2.45) is 0 Å². The molecule has 2 aromatic rings. The van der Waals surface area contributed by atoms with E-state index in [-0.39, 0.29) is 5.91 Å². The number of nitriles is 1. The molecular formula is C17H16BrN3O. The molecule has 5 heteroatoms. The Kier molecular flexibility index (Phi) is 5.56. The molecule has 0 spiro atoms. The molecule has 0 fully saturated rings. The van der Waals surface area contributed by atoms with Gasteiger partial charge in [-0.1, -0.05) is 40.7 Å². The maximum absolute atomic E-state index is 11.7. The molecule has 112 valence electrons. The van der Waals surface area contributed by atoms with Crippen LogP contribution in [-0.2, 0) is 11.3 Å². The molecule has 0 unspecified atom stereocenters. The number of aryl methyl sites for hydroxylation is 1. The van der Waals surface area contributed by atoms with Crippen molar-refractivity contribution in [2.45, 2.75) is 13.0 Å². The Bertz CT molecular complexity index is 768. The first kappa shape index (κ1) is 16.1. The summed E-state index contributed by atoms with van der Waals surface area (Å²) in [5.41, 5.74) is 2.02. The number of carbonyl (C=O) groups is 1. The van der Waals surface area contributed by atoms with Crippen LogP contribution >= 0.6 is 15.9 Å². The summed E-state index contributed by atoms with van der Waals surface area (Å²) >= 11 is 3.20. The van der Waals surface area contributed by atoms with Crippen molar-refractivity contribution in [2.75, 3.05) is 6.54 Å². The van der Waals surface area contributed by atoms with Gasteiger partial charge >= 0.3 is 0 Å². The first-order valence-electron chi connectivity index (χ1n) is 6.86. The number of hydrogen-bond donors (Lipinski definition) is 1. The van der Waals surface area contributed by atoms with Gasteiger partial charge in [-0.05, 0) is 12.1 Å². The van der Waals surface area contributed by atoms with Crippen LogP contribution in [-0.4, -0.2) is 17.0 Å². The lowest BCUT2D eigenvalue weighted by Crippen LogP contribution is -2.21. The summed E-state index contributed by atoms with van der Waals surface area (Å²) in [6.45, 7) is 4.70. The lowest BCUT2D eigenvalue weighted by molar-refractivity contribution is -0.116. The predicted molar refractivity (Wildman–Crippen MR) is 92.3 cm³/mol. The standard InChI is InChI=1S/C17H16BrN3O/c1-13(18)11-20-17(22)8-7-14-12-21(10-4-9-19)16-6-3-2-5-15(14)16/h2-3,5-8,12H,1,4,10-11H2,(H,20,22)/b8-7+. The lowest BCUT2D eigenvalue weighted by atomic mass is 10.1. The Morgan fingerprint density at radius 1 is 1.45 bits per heavy atom. The van der Waals surface area contributed by atoms with E-state index in [1.165, 1.54) is 6.08 Å². The number of aromatic nitrogens is 1. The molecule has 1 heterocycles. The predicted octanol–water partition coefficient (Wildman–Crippen LogP) is 3.59. The SMILES string of the molecule is C=C(Br)CNC(=O)/C=C/c1cn(CCC#N)c2ccccc12. The summed E-state index contributed by atoms with van der Waals surface area (Å²) in [6.07, 6.45) is 5.72. The Hall–Kier alpha value is -2.32. The third kappa shape index (κ3) is 4.09. The summed E-state index contributed by atoms with van der Waals surface area (Å²) in [7, 11) is 0. The highest BCUT2D eigenvalue weighted by atomic mass is 79.9. The number of nitrogens with zero attached hydrogens (tertiary/aromatic N) is 2. The fourth-order valence-electron chi connectivity index (χ4n) is 2.17. The van der Waals surface area contributed by atoms with Gasteiger partial charge in [0.25, 0.3) is 0 Å². The number of fused-ring (bicyclic) bond motifs is 1. The smallest absolute Gasteiger partial charge is 0.244 e. The topological polar surface area (TPSA) is 57.8 Å². The molecule has 2 rings (SSSR count). The number of benzene rings is 1. The van der Waals surface area contributed by atoms with Crippen molar-refractivity contribution in [1.82, 2.24) is 9.88 Å². The quantitative estimate of drug-likeness (QED) is 0.803. The Balaban J connectivity index is 2.22. The summed E-state index contributed by atoms with van der Waals surface area (Å²) in [6, 6.07) is 10.1. The maximum atomic E-state index is 11.7. The zero-order valence-electron chi connectivity index (χ0n) is 12.1. The Morgan fingerprint density at radius 2 is 2.23 bits per heavy atom. The zero-order valence-corrected chi connectivity index (χ0v) is 13.6. The third-order valence-electron chi connectivity index (χ3n) is 3.15. The van der Waals surface area contributed by atoms with Gasteiger partial charge in [0.15, 0.2) is 0 Å². The summed E-state index contributed by atoms with van der Waals surface area (Å²) < 4.78 is 2.76. The van der Waals surface area contributed by atoms with Gasteiger partial charge in [0.1, 0.15) is 0 Å². The number of hydrogen-bond acceptors (Lipinski definition) is 2. The lowest BCUT2D eigenvalue weighted by Gasteiger charge is -2.00. The van der Waals surface area contributed by atoms with Crippen molar-refractivity contribution in [1.29, 1.82) is 5.26 Å². The van der Waals surface area contributed by atoms with E-state index in [2.05, 4.69) is 33.9 Å². The Morgan fingerprint density at radius 3 is 2.95 bits per heavy atom. The van der Waals surface area contributed by atoms with E-state index >= 15 is 0 Å². The molecule has 0 atom stereocenters. The van der Waals surface area contributed by atoms with Crippen molar-refractivity contribution in [3.05, 3.63) is 53.2 Å². The van der Waals surface area contributed by atoms with E-state index in [4.69, 9.17) is 5.26 Å². The average Bonchev–Trinajstić information content (AvgIpc) is 2.87. The monoisotopic (exact) mass is 357 g/mol. The number of carbonyl (C=O) groups excluding carboxylic acids is 1. The maximum Gasteiger partial charge on any atom is 0.244 e. The minimum Gasteiger partial charge on any atom is -0.348 e. The molecule has 0 bridgehead atoms. The van der Waals surface area contributed by atoms with E-state index < -0.39 is 0 Å². The van der Waals surface area contributed by atoms with Crippen LogP contribution < -0.4 is 5.32 Å². The van der Waals surface area contributed by atoms with Crippen molar-refractivity contribution >= 4 is 38.8 Å². The van der Waals surface area contributed by atoms with Crippen LogP contribution in [0.5, 0.6) is 0 Å². The van der Waals surface area contributed by atoms with Crippen molar-refractivity contribution in [3.63, 3.8) is 0 Å². The van der Waals surface area contributed by atoms with Gasteiger partial charge in [0.05, 0.1) is 12.5 Å². The van der Waals surface area contributed by atoms with Gasteiger partial charge in [-0.15, -0.1) is 0 Å². The molecule has 0 aliphatic heterocycles. The van der Waals surface area contributed by atoms with E-state index in [1.54, 1.807) is 6.08 Å². The molecule has 1 amide bonds. The van der Waals surface area contributed by atoms with Gasteiger partial charge < -0.3 is 9.88 Å². The highest BCUT2D eigenvalue weighted by Crippen LogP contribution is 2.22.